The molecule has 0 bridgehead atoms. The number of nitrogens with zero attached hydrogens (tertiary/aromatic N) is 7. The second kappa shape index (κ2) is 11.9. The largest absolute Gasteiger partial charge is 0.461 e. The first-order chi connectivity index (χ1) is 23.6. The van der Waals surface area contributed by atoms with Crippen LogP contribution in [-0.4, -0.2) is 75.1 Å². The van der Waals surface area contributed by atoms with Crippen molar-refractivity contribution in [1.29, 1.82) is 5.26 Å². The Morgan fingerprint density at radius 3 is 2.86 bits per heavy atom. The molecule has 5 aromatic rings. The number of hydrogen-bond acceptors (Lipinski definition) is 10. The lowest BCUT2D eigenvalue weighted by Crippen LogP contribution is -2.43. The number of carbonyl (C=O) groups is 1. The van der Waals surface area contributed by atoms with Crippen molar-refractivity contribution in [2.45, 2.75) is 44.3 Å². The number of anilines is 2. The van der Waals surface area contributed by atoms with Gasteiger partial charge in [0.05, 0.1) is 32.4 Å². The molecule has 0 aliphatic carbocycles. The number of alkyl halides is 1. The van der Waals surface area contributed by atoms with Crippen molar-refractivity contribution in [3.8, 4) is 23.2 Å². The number of nitrogen functional groups attached to an aromatic ring is 1. The van der Waals surface area contributed by atoms with Crippen molar-refractivity contribution in [2.75, 3.05) is 43.4 Å². The van der Waals surface area contributed by atoms with Gasteiger partial charge in [-0.15, -0.1) is 11.3 Å². The van der Waals surface area contributed by atoms with E-state index in [9.17, 15) is 18.8 Å². The number of fused-ring (bicyclic) bond motifs is 3. The normalized spacial score (nSPS) is 22.3. The Labute approximate surface area is 287 Å². The summed E-state index contributed by atoms with van der Waals surface area (Å²) in [5.41, 5.74) is 6.32. The van der Waals surface area contributed by atoms with E-state index in [0.717, 1.165) is 36.4 Å². The van der Waals surface area contributed by atoms with Gasteiger partial charge in [-0.1, -0.05) is 17.7 Å². The topological polar surface area (TPSA) is 126 Å². The fourth-order valence-corrected chi connectivity index (χ4v) is 8.99. The molecule has 0 spiro atoms. The monoisotopic (exact) mass is 706 g/mol. The molecule has 3 fully saturated rings. The zero-order chi connectivity index (χ0) is 34.2. The van der Waals surface area contributed by atoms with Crippen LogP contribution in [0.1, 0.15) is 41.7 Å². The fourth-order valence-electron chi connectivity index (χ4n) is 7.75. The van der Waals surface area contributed by atoms with Gasteiger partial charge in [0.1, 0.15) is 41.0 Å². The molecule has 1 unspecified atom stereocenters. The van der Waals surface area contributed by atoms with E-state index >= 15 is 4.39 Å². The van der Waals surface area contributed by atoms with Gasteiger partial charge in [0, 0.05) is 48.6 Å². The van der Waals surface area contributed by atoms with Gasteiger partial charge >= 0.3 is 6.01 Å². The van der Waals surface area contributed by atoms with Gasteiger partial charge in [-0.05, 0) is 56.5 Å². The SMILES string of the molecule is Cc1ccn(C(=O)C2CCN(c3nc(OC[C@@]45CCCN4C[C@H](F)C5)nc4c(F)c(-c5ccc(F)c6sc(N)c(C#N)c56)c(Cl)cc34)C2)n1. The third-order valence-electron chi connectivity index (χ3n) is 10.1. The number of aromatic nitrogens is 4. The molecule has 3 aliphatic rings. The summed E-state index contributed by atoms with van der Waals surface area (Å²) in [6.07, 6.45) is 3.18. The van der Waals surface area contributed by atoms with E-state index in [1.165, 1.54) is 16.8 Å². The summed E-state index contributed by atoms with van der Waals surface area (Å²) in [4.78, 5) is 26.5. The smallest absolute Gasteiger partial charge is 0.319 e. The van der Waals surface area contributed by atoms with E-state index in [0.29, 0.717) is 31.7 Å². The maximum absolute atomic E-state index is 17.0. The summed E-state index contributed by atoms with van der Waals surface area (Å²) >= 11 is 7.73. The molecule has 49 heavy (non-hydrogen) atoms. The van der Waals surface area contributed by atoms with Gasteiger partial charge in [-0.2, -0.15) is 20.3 Å². The number of rotatable bonds is 6. The Balaban J connectivity index is 1.25. The second-order valence-corrected chi connectivity index (χ2v) is 14.5. The molecule has 0 saturated carbocycles. The van der Waals surface area contributed by atoms with Gasteiger partial charge in [-0.25, -0.2) is 17.9 Å². The third-order valence-corrected chi connectivity index (χ3v) is 11.4. The predicted octanol–water partition coefficient (Wildman–Crippen LogP) is 6.52. The van der Waals surface area contributed by atoms with Gasteiger partial charge in [0.15, 0.2) is 5.82 Å². The minimum absolute atomic E-state index is 0.00985. The number of aryl methyl sites for hydroxylation is 1. The summed E-state index contributed by atoms with van der Waals surface area (Å²) in [6.45, 7) is 3.76. The van der Waals surface area contributed by atoms with E-state index in [1.807, 2.05) is 11.0 Å². The van der Waals surface area contributed by atoms with Crippen LogP contribution in [0.25, 0.3) is 32.1 Å². The number of ether oxygens (including phenoxy) is 1. The lowest BCUT2D eigenvalue weighted by molar-refractivity contribution is 0.0829. The molecule has 8 rings (SSSR count). The molecular weight excluding hydrogens is 677 g/mol. The Bertz CT molecular complexity index is 2220. The van der Waals surface area contributed by atoms with Gasteiger partial charge < -0.3 is 15.4 Å². The van der Waals surface area contributed by atoms with Crippen LogP contribution < -0.4 is 15.4 Å². The van der Waals surface area contributed by atoms with Gasteiger partial charge in [-0.3, -0.25) is 9.69 Å². The van der Waals surface area contributed by atoms with Crippen LogP contribution >= 0.6 is 22.9 Å². The third kappa shape index (κ3) is 5.17. The lowest BCUT2D eigenvalue weighted by atomic mass is 9.95. The van der Waals surface area contributed by atoms with Crippen molar-refractivity contribution >= 4 is 60.7 Å². The second-order valence-electron chi connectivity index (χ2n) is 13.1. The average molecular weight is 707 g/mol. The van der Waals surface area contributed by atoms with E-state index < -0.39 is 29.3 Å². The van der Waals surface area contributed by atoms with Crippen molar-refractivity contribution in [2.24, 2.45) is 5.92 Å². The first kappa shape index (κ1) is 31.8. The molecule has 0 amide bonds. The van der Waals surface area contributed by atoms with E-state index in [1.54, 1.807) is 25.3 Å². The zero-order valence-electron chi connectivity index (χ0n) is 26.3. The molecular formula is C34H30ClF3N8O2S. The van der Waals surface area contributed by atoms with Crippen molar-refractivity contribution in [1.82, 2.24) is 24.6 Å². The Morgan fingerprint density at radius 2 is 2.08 bits per heavy atom. The zero-order valence-corrected chi connectivity index (χ0v) is 27.9. The number of nitriles is 1. The summed E-state index contributed by atoms with van der Waals surface area (Å²) in [5.74, 6) is -1.65. The van der Waals surface area contributed by atoms with Crippen LogP contribution in [0.15, 0.2) is 30.5 Å². The number of hydrogen-bond donors (Lipinski definition) is 1. The van der Waals surface area contributed by atoms with Crippen molar-refractivity contribution < 1.29 is 22.7 Å². The maximum Gasteiger partial charge on any atom is 0.319 e. The molecule has 3 aromatic heterocycles. The van der Waals surface area contributed by atoms with Crippen LogP contribution in [-0.2, 0) is 0 Å². The molecule has 3 aliphatic heterocycles. The highest BCUT2D eigenvalue weighted by molar-refractivity contribution is 7.23. The van der Waals surface area contributed by atoms with Crippen LogP contribution in [0.4, 0.5) is 24.0 Å². The fraction of sp³-hybridized carbons (Fsp3) is 0.382. The summed E-state index contributed by atoms with van der Waals surface area (Å²) in [6, 6.07) is 7.77. The Morgan fingerprint density at radius 1 is 1.24 bits per heavy atom. The average Bonchev–Trinajstić information content (AvgIpc) is 3.90. The summed E-state index contributed by atoms with van der Waals surface area (Å²) in [5, 5.41) is 14.7. The molecule has 0 radical (unpaired) electrons. The van der Waals surface area contributed by atoms with E-state index in [4.69, 9.17) is 27.1 Å². The molecule has 6 heterocycles. The van der Waals surface area contributed by atoms with Crippen molar-refractivity contribution in [3.63, 3.8) is 0 Å². The maximum atomic E-state index is 17.0. The van der Waals surface area contributed by atoms with Crippen LogP contribution in [0.3, 0.4) is 0 Å². The molecule has 3 atom stereocenters. The number of nitrogens with two attached hydrogens (primary N) is 1. The molecule has 3 saturated heterocycles. The first-order valence-corrected chi connectivity index (χ1v) is 17.2. The highest BCUT2D eigenvalue weighted by atomic mass is 35.5. The Hall–Kier alpha value is -4.45. The lowest BCUT2D eigenvalue weighted by Gasteiger charge is -2.31. The highest BCUT2D eigenvalue weighted by Crippen LogP contribution is 2.46. The van der Waals surface area contributed by atoms with Crippen LogP contribution in [0, 0.1) is 35.8 Å². The molecule has 10 nitrogen and oxygen atoms in total. The number of thiophene rings is 1. The molecule has 15 heteroatoms. The van der Waals surface area contributed by atoms with Gasteiger partial charge in [0.25, 0.3) is 5.91 Å². The van der Waals surface area contributed by atoms with Crippen LogP contribution in [0.5, 0.6) is 6.01 Å². The van der Waals surface area contributed by atoms with Crippen LogP contribution in [0.2, 0.25) is 5.02 Å². The number of carbonyl (C=O) groups excluding carboxylic acids is 1. The van der Waals surface area contributed by atoms with Gasteiger partial charge in [0.2, 0.25) is 0 Å². The molecule has 2 aromatic carbocycles. The standard InChI is InChI=1S/C34H30ClF3N8O2S/c1-17-5-10-46(43-17)32(47)18-6-9-44(14-18)31-21-11-23(35)26(20-3-4-24(37)29-25(20)22(13-39)30(40)49-29)27(38)28(21)41-33(42-31)48-16-34-7-2-8-45(34)15-19(36)12-34/h3-5,10-11,18-19H,2,6-9,12,14-16,40H2,1H3/t18?,19-,34+/m1/s1. The highest BCUT2D eigenvalue weighted by Gasteiger charge is 2.49. The molecule has 252 valence electrons. The first-order valence-electron chi connectivity index (χ1n) is 16.0. The van der Waals surface area contributed by atoms with E-state index in [2.05, 4.69) is 15.0 Å². The molecule has 2 N–H and O–H groups in total. The minimum Gasteiger partial charge on any atom is -0.461 e. The quantitative estimate of drug-likeness (QED) is 0.210. The predicted molar refractivity (Wildman–Crippen MR) is 181 cm³/mol. The van der Waals surface area contributed by atoms with E-state index in [-0.39, 0.29) is 72.8 Å². The summed E-state index contributed by atoms with van der Waals surface area (Å²) in [7, 11) is 0. The number of benzene rings is 2. The number of halogens is 4. The van der Waals surface area contributed by atoms with Crippen molar-refractivity contribution in [3.05, 3.63) is 58.4 Å². The Kier molecular flexibility index (Phi) is 7.69. The summed E-state index contributed by atoms with van der Waals surface area (Å²) < 4.78 is 54.1. The minimum atomic E-state index is -0.964.